The molecule has 2 nitrogen and oxygen atoms in total. The van der Waals surface area contributed by atoms with Crippen molar-refractivity contribution in [2.24, 2.45) is 0 Å². The van der Waals surface area contributed by atoms with Gasteiger partial charge in [0, 0.05) is 0 Å². The Morgan fingerprint density at radius 1 is 1.64 bits per heavy atom. The van der Waals surface area contributed by atoms with Crippen molar-refractivity contribution in [3.63, 3.8) is 0 Å². The lowest BCUT2D eigenvalue weighted by Crippen LogP contribution is -1.87. The Morgan fingerprint density at radius 2 is 2.18 bits per heavy atom. The molecule has 1 heterocycles. The van der Waals surface area contributed by atoms with Crippen LogP contribution in [0.1, 0.15) is 5.56 Å². The fourth-order valence-electron chi connectivity index (χ4n) is 0.571. The topological polar surface area (TPSA) is 34.1 Å². The molecule has 0 aromatic carbocycles. The van der Waals surface area contributed by atoms with Crippen LogP contribution in [-0.4, -0.2) is 8.42 Å². The first kappa shape index (κ1) is 8.96. The molecular formula is C5H4ClFO2S2. The summed E-state index contributed by atoms with van der Waals surface area (Å²) >= 11 is 6.27. The molecule has 0 unspecified atom stereocenters. The summed E-state index contributed by atoms with van der Waals surface area (Å²) in [5.74, 6) is 0. The van der Waals surface area contributed by atoms with Crippen molar-refractivity contribution in [3.05, 3.63) is 16.0 Å². The Kier molecular flexibility index (Phi) is 2.22. The van der Waals surface area contributed by atoms with Crippen LogP contribution in [0.25, 0.3) is 0 Å². The first-order valence-electron chi connectivity index (χ1n) is 2.61. The van der Waals surface area contributed by atoms with Crippen LogP contribution >= 0.6 is 22.9 Å². The minimum Gasteiger partial charge on any atom is -0.188 e. The normalized spacial score (nSPS) is 11.9. The van der Waals surface area contributed by atoms with Crippen molar-refractivity contribution in [3.8, 4) is 0 Å². The molecule has 1 aromatic rings. The van der Waals surface area contributed by atoms with Gasteiger partial charge in [-0.05, 0) is 17.9 Å². The molecule has 0 saturated heterocycles. The van der Waals surface area contributed by atoms with Gasteiger partial charge in [0.05, 0.1) is 5.02 Å². The third kappa shape index (κ3) is 1.72. The van der Waals surface area contributed by atoms with Gasteiger partial charge in [-0.3, -0.25) is 0 Å². The predicted molar refractivity (Wildman–Crippen MR) is 42.4 cm³/mol. The quantitative estimate of drug-likeness (QED) is 0.673. The van der Waals surface area contributed by atoms with Gasteiger partial charge in [0.25, 0.3) is 0 Å². The lowest BCUT2D eigenvalue weighted by molar-refractivity contribution is 0.554. The Hall–Kier alpha value is -0.130. The van der Waals surface area contributed by atoms with Crippen molar-refractivity contribution in [2.45, 2.75) is 11.1 Å². The summed E-state index contributed by atoms with van der Waals surface area (Å²) in [5.41, 5.74) is 0.577. The van der Waals surface area contributed by atoms with E-state index in [1.54, 1.807) is 6.92 Å². The molecule has 1 rings (SSSR count). The van der Waals surface area contributed by atoms with Gasteiger partial charge in [0.2, 0.25) is 0 Å². The van der Waals surface area contributed by atoms with E-state index in [2.05, 4.69) is 0 Å². The first-order valence-corrected chi connectivity index (χ1v) is 5.25. The number of halogens is 2. The van der Waals surface area contributed by atoms with Crippen LogP contribution in [0, 0.1) is 6.92 Å². The van der Waals surface area contributed by atoms with Crippen molar-refractivity contribution in [1.82, 2.24) is 0 Å². The fraction of sp³-hybridized carbons (Fsp3) is 0.200. The van der Waals surface area contributed by atoms with E-state index in [1.807, 2.05) is 0 Å². The second kappa shape index (κ2) is 2.73. The zero-order valence-corrected chi connectivity index (χ0v) is 7.86. The molecule has 0 spiro atoms. The molecule has 0 bridgehead atoms. The van der Waals surface area contributed by atoms with Crippen LogP contribution in [0.4, 0.5) is 3.89 Å². The van der Waals surface area contributed by atoms with Gasteiger partial charge in [0.15, 0.2) is 4.21 Å². The molecule has 0 aliphatic heterocycles. The highest BCUT2D eigenvalue weighted by atomic mass is 35.5. The largest absolute Gasteiger partial charge is 0.343 e. The smallest absolute Gasteiger partial charge is 0.188 e. The minimum absolute atomic E-state index is 0.0162. The Balaban J connectivity index is 3.38. The molecule has 1 aromatic heterocycles. The monoisotopic (exact) mass is 214 g/mol. The second-order valence-corrected chi connectivity index (χ2v) is 4.76. The SMILES string of the molecule is Cc1csc(S(=O)(=O)F)c1Cl. The molecule has 0 atom stereocenters. The van der Waals surface area contributed by atoms with E-state index in [0.717, 1.165) is 11.3 Å². The van der Waals surface area contributed by atoms with Crippen LogP contribution in [0.2, 0.25) is 5.02 Å². The second-order valence-electron chi connectivity index (χ2n) is 1.96. The number of thiophene rings is 1. The Labute approximate surface area is 72.8 Å². The summed E-state index contributed by atoms with van der Waals surface area (Å²) in [7, 11) is -4.63. The van der Waals surface area contributed by atoms with E-state index in [1.165, 1.54) is 5.38 Å². The van der Waals surface area contributed by atoms with Gasteiger partial charge in [-0.1, -0.05) is 15.5 Å². The predicted octanol–water partition coefficient (Wildman–Crippen LogP) is 2.37. The van der Waals surface area contributed by atoms with Gasteiger partial charge in [-0.2, -0.15) is 8.42 Å². The van der Waals surface area contributed by atoms with E-state index in [4.69, 9.17) is 11.6 Å². The third-order valence-corrected chi connectivity index (χ3v) is 4.22. The van der Waals surface area contributed by atoms with Crippen molar-refractivity contribution in [1.29, 1.82) is 0 Å². The molecule has 0 amide bonds. The third-order valence-electron chi connectivity index (χ3n) is 1.09. The highest BCUT2D eigenvalue weighted by Crippen LogP contribution is 2.32. The molecule has 62 valence electrons. The van der Waals surface area contributed by atoms with Crippen molar-refractivity contribution in [2.75, 3.05) is 0 Å². The molecular weight excluding hydrogens is 211 g/mol. The van der Waals surface area contributed by atoms with E-state index < -0.39 is 14.4 Å². The van der Waals surface area contributed by atoms with Crippen molar-refractivity contribution >= 4 is 33.2 Å². The maximum absolute atomic E-state index is 12.3. The first-order chi connectivity index (χ1) is 4.93. The van der Waals surface area contributed by atoms with Gasteiger partial charge >= 0.3 is 10.2 Å². The number of hydrogen-bond acceptors (Lipinski definition) is 3. The van der Waals surface area contributed by atoms with E-state index >= 15 is 0 Å². The van der Waals surface area contributed by atoms with Crippen LogP contribution in [0.15, 0.2) is 9.59 Å². The summed E-state index contributed by atoms with van der Waals surface area (Å²) < 4.78 is 32.5. The van der Waals surface area contributed by atoms with Gasteiger partial charge in [-0.15, -0.1) is 11.3 Å². The average Bonchev–Trinajstić information content (AvgIpc) is 2.11. The average molecular weight is 215 g/mol. The van der Waals surface area contributed by atoms with Crippen LogP contribution in [0.5, 0.6) is 0 Å². The zero-order valence-electron chi connectivity index (χ0n) is 5.47. The summed E-state index contributed by atoms with van der Waals surface area (Å²) in [5, 5.41) is 1.48. The lowest BCUT2D eigenvalue weighted by atomic mass is 10.4. The van der Waals surface area contributed by atoms with Crippen LogP contribution in [0.3, 0.4) is 0 Å². The maximum Gasteiger partial charge on any atom is 0.343 e. The summed E-state index contributed by atoms with van der Waals surface area (Å²) in [4.78, 5) is 0. The number of aryl methyl sites for hydroxylation is 1. The molecule has 0 saturated carbocycles. The summed E-state index contributed by atoms with van der Waals surface area (Å²) in [6.07, 6.45) is 0. The molecule has 11 heavy (non-hydrogen) atoms. The molecule has 6 heteroatoms. The van der Waals surface area contributed by atoms with E-state index in [-0.39, 0.29) is 5.02 Å². The molecule has 0 aliphatic carbocycles. The maximum atomic E-state index is 12.3. The molecule has 0 aliphatic rings. The van der Waals surface area contributed by atoms with Crippen molar-refractivity contribution < 1.29 is 12.3 Å². The lowest BCUT2D eigenvalue weighted by Gasteiger charge is -1.88. The standard InChI is InChI=1S/C5H4ClFO2S2/c1-3-2-10-5(4(3)6)11(7,8)9/h2H,1H3. The van der Waals surface area contributed by atoms with E-state index in [9.17, 15) is 12.3 Å². The minimum atomic E-state index is -4.63. The Morgan fingerprint density at radius 3 is 2.36 bits per heavy atom. The highest BCUT2D eigenvalue weighted by Gasteiger charge is 2.19. The van der Waals surface area contributed by atoms with Crippen LogP contribution in [-0.2, 0) is 10.2 Å². The van der Waals surface area contributed by atoms with Gasteiger partial charge < -0.3 is 0 Å². The van der Waals surface area contributed by atoms with E-state index in [0.29, 0.717) is 5.56 Å². The van der Waals surface area contributed by atoms with Gasteiger partial charge in [-0.25, -0.2) is 0 Å². The molecule has 0 N–H and O–H groups in total. The fourth-order valence-corrected chi connectivity index (χ4v) is 2.75. The molecule has 0 radical (unpaired) electrons. The Bertz CT molecular complexity index is 368. The summed E-state index contributed by atoms with van der Waals surface area (Å²) in [6, 6.07) is 0. The number of rotatable bonds is 1. The van der Waals surface area contributed by atoms with Gasteiger partial charge in [0.1, 0.15) is 0 Å². The highest BCUT2D eigenvalue weighted by molar-refractivity contribution is 7.88. The number of hydrogen-bond donors (Lipinski definition) is 0. The summed E-state index contributed by atoms with van der Waals surface area (Å²) in [6.45, 7) is 1.62. The molecule has 0 fully saturated rings. The van der Waals surface area contributed by atoms with Crippen LogP contribution < -0.4 is 0 Å². The zero-order chi connectivity index (χ0) is 8.65.